The van der Waals surface area contributed by atoms with Gasteiger partial charge in [-0.25, -0.2) is 4.79 Å². The van der Waals surface area contributed by atoms with E-state index in [1.165, 1.54) is 4.90 Å². The fourth-order valence-corrected chi connectivity index (χ4v) is 3.14. The van der Waals surface area contributed by atoms with E-state index in [0.717, 1.165) is 10.5 Å². The Morgan fingerprint density at radius 1 is 0.958 bits per heavy atom. The lowest BCUT2D eigenvalue weighted by atomic mass is 10.3. The summed E-state index contributed by atoms with van der Waals surface area (Å²) in [6.45, 7) is 2.28. The predicted molar refractivity (Wildman–Crippen MR) is 97.8 cm³/mol. The standard InChI is InChI=1S/C15H10Cl4N4O/c1-2-22(8-6-4-3-5-7-8)15(24)23-20-13-11(18)9(16)10(17)12(19)14(13)21-23/h3-7H,2H2,1H3. The van der Waals surface area contributed by atoms with E-state index in [2.05, 4.69) is 10.2 Å². The summed E-state index contributed by atoms with van der Waals surface area (Å²) < 4.78 is 0. The van der Waals surface area contributed by atoms with Crippen LogP contribution in [0.3, 0.4) is 0 Å². The van der Waals surface area contributed by atoms with E-state index in [4.69, 9.17) is 46.4 Å². The zero-order valence-corrected chi connectivity index (χ0v) is 15.3. The molecule has 0 N–H and O–H groups in total. The SMILES string of the molecule is CCN(C(=O)n1nc2c(Cl)c(Cl)c(Cl)c(Cl)c2n1)c1ccccc1. The summed E-state index contributed by atoms with van der Waals surface area (Å²) in [6.07, 6.45) is 0. The Bertz CT molecular complexity index is 881. The third-order valence-electron chi connectivity index (χ3n) is 3.39. The number of halogens is 4. The largest absolute Gasteiger partial charge is 0.366 e. The summed E-state index contributed by atoms with van der Waals surface area (Å²) in [5.41, 5.74) is 1.15. The molecule has 5 nitrogen and oxygen atoms in total. The molecule has 2 aromatic carbocycles. The second-order valence-corrected chi connectivity index (χ2v) is 6.32. The van der Waals surface area contributed by atoms with Crippen LogP contribution in [0.25, 0.3) is 11.0 Å². The average Bonchev–Trinajstić information content (AvgIpc) is 3.05. The van der Waals surface area contributed by atoms with Gasteiger partial charge in [0.15, 0.2) is 0 Å². The summed E-state index contributed by atoms with van der Waals surface area (Å²) in [7, 11) is 0. The molecule has 9 heteroatoms. The van der Waals surface area contributed by atoms with Gasteiger partial charge < -0.3 is 0 Å². The lowest BCUT2D eigenvalue weighted by Crippen LogP contribution is -2.35. The molecule has 0 aliphatic rings. The third-order valence-corrected chi connectivity index (χ3v) is 5.18. The van der Waals surface area contributed by atoms with Crippen LogP contribution in [0.15, 0.2) is 30.3 Å². The van der Waals surface area contributed by atoms with E-state index < -0.39 is 6.03 Å². The van der Waals surface area contributed by atoms with Crippen LogP contribution in [-0.4, -0.2) is 27.6 Å². The Hall–Kier alpha value is -1.53. The summed E-state index contributed by atoms with van der Waals surface area (Å²) >= 11 is 24.3. The van der Waals surface area contributed by atoms with Crippen LogP contribution in [0.2, 0.25) is 20.1 Å². The molecule has 3 aromatic rings. The number of rotatable bonds is 2. The zero-order valence-electron chi connectivity index (χ0n) is 12.3. The van der Waals surface area contributed by atoms with Crippen molar-refractivity contribution in [3.05, 3.63) is 50.4 Å². The first-order chi connectivity index (χ1) is 11.5. The van der Waals surface area contributed by atoms with Crippen molar-refractivity contribution < 1.29 is 4.79 Å². The first kappa shape index (κ1) is 17.3. The van der Waals surface area contributed by atoms with Gasteiger partial charge in [0.05, 0.1) is 20.1 Å². The molecule has 0 unspecified atom stereocenters. The number of nitrogens with zero attached hydrogens (tertiary/aromatic N) is 4. The molecule has 3 rings (SSSR count). The van der Waals surface area contributed by atoms with Crippen LogP contribution in [0.5, 0.6) is 0 Å². The zero-order chi connectivity index (χ0) is 17.4. The van der Waals surface area contributed by atoms with E-state index in [9.17, 15) is 4.79 Å². The van der Waals surface area contributed by atoms with Gasteiger partial charge in [-0.3, -0.25) is 4.90 Å². The molecule has 1 amide bonds. The quantitative estimate of drug-likeness (QED) is 0.417. The molecule has 0 aliphatic heterocycles. The van der Waals surface area contributed by atoms with E-state index in [-0.39, 0.29) is 31.1 Å². The highest BCUT2D eigenvalue weighted by Gasteiger charge is 2.23. The van der Waals surface area contributed by atoms with Crippen molar-refractivity contribution in [1.82, 2.24) is 15.0 Å². The molecule has 1 heterocycles. The van der Waals surface area contributed by atoms with E-state index in [1.54, 1.807) is 0 Å². The molecular weight excluding hydrogens is 394 g/mol. The van der Waals surface area contributed by atoms with E-state index in [1.807, 2.05) is 37.3 Å². The highest BCUT2D eigenvalue weighted by Crippen LogP contribution is 2.41. The van der Waals surface area contributed by atoms with Gasteiger partial charge >= 0.3 is 6.03 Å². The van der Waals surface area contributed by atoms with Gasteiger partial charge in [-0.1, -0.05) is 69.4 Å². The number of para-hydroxylation sites is 1. The topological polar surface area (TPSA) is 51.0 Å². The third kappa shape index (κ3) is 2.82. The summed E-state index contributed by atoms with van der Waals surface area (Å²) in [5.74, 6) is 0. The van der Waals surface area contributed by atoms with Crippen LogP contribution in [0.1, 0.15) is 6.92 Å². The van der Waals surface area contributed by atoms with Gasteiger partial charge in [0.2, 0.25) is 0 Å². The molecule has 0 radical (unpaired) electrons. The summed E-state index contributed by atoms with van der Waals surface area (Å²) in [5, 5.41) is 8.60. The summed E-state index contributed by atoms with van der Waals surface area (Å²) in [6, 6.07) is 8.74. The predicted octanol–water partition coefficient (Wildman–Crippen LogP) is 5.54. The van der Waals surface area contributed by atoms with E-state index >= 15 is 0 Å². The number of hydrogen-bond donors (Lipinski definition) is 0. The van der Waals surface area contributed by atoms with Crippen LogP contribution >= 0.6 is 46.4 Å². The second kappa shape index (κ2) is 6.76. The molecular formula is C15H10Cl4N4O. The minimum Gasteiger partial charge on any atom is -0.292 e. The number of aromatic nitrogens is 3. The van der Waals surface area contributed by atoms with Crippen molar-refractivity contribution in [2.24, 2.45) is 0 Å². The number of carbonyl (C=O) groups excluding carboxylic acids is 1. The Morgan fingerprint density at radius 3 is 1.92 bits per heavy atom. The fraction of sp³-hybridized carbons (Fsp3) is 0.133. The lowest BCUT2D eigenvalue weighted by Gasteiger charge is -2.19. The van der Waals surface area contributed by atoms with Gasteiger partial charge in [0.25, 0.3) is 0 Å². The van der Waals surface area contributed by atoms with Gasteiger partial charge in [0.1, 0.15) is 11.0 Å². The van der Waals surface area contributed by atoms with Gasteiger partial charge in [0, 0.05) is 12.2 Å². The first-order valence-corrected chi connectivity index (χ1v) is 8.42. The van der Waals surface area contributed by atoms with Crippen LogP contribution in [0, 0.1) is 0 Å². The molecule has 124 valence electrons. The van der Waals surface area contributed by atoms with Crippen molar-refractivity contribution in [2.45, 2.75) is 6.92 Å². The fourth-order valence-electron chi connectivity index (χ4n) is 2.23. The molecule has 24 heavy (non-hydrogen) atoms. The maximum Gasteiger partial charge on any atom is 0.366 e. The van der Waals surface area contributed by atoms with E-state index in [0.29, 0.717) is 6.54 Å². The molecule has 0 bridgehead atoms. The van der Waals surface area contributed by atoms with Gasteiger partial charge in [-0.05, 0) is 19.1 Å². The van der Waals surface area contributed by atoms with Crippen LogP contribution in [-0.2, 0) is 0 Å². The van der Waals surface area contributed by atoms with Crippen LogP contribution < -0.4 is 4.90 Å². The highest BCUT2D eigenvalue weighted by atomic mass is 35.5. The minimum absolute atomic E-state index is 0.0748. The maximum atomic E-state index is 12.8. The maximum absolute atomic E-state index is 12.8. The number of carbonyl (C=O) groups is 1. The Labute approximate surface area is 157 Å². The van der Waals surface area contributed by atoms with Crippen molar-refractivity contribution in [3.8, 4) is 0 Å². The smallest absolute Gasteiger partial charge is 0.292 e. The lowest BCUT2D eigenvalue weighted by molar-refractivity contribution is 0.242. The number of fused-ring (bicyclic) bond motifs is 1. The number of amides is 1. The number of anilines is 1. The molecule has 0 spiro atoms. The summed E-state index contributed by atoms with van der Waals surface area (Å²) in [4.78, 5) is 15.2. The van der Waals surface area contributed by atoms with Crippen molar-refractivity contribution in [2.75, 3.05) is 11.4 Å². The van der Waals surface area contributed by atoms with Crippen molar-refractivity contribution in [3.63, 3.8) is 0 Å². The molecule has 0 fully saturated rings. The molecule has 0 atom stereocenters. The second-order valence-electron chi connectivity index (χ2n) is 4.80. The van der Waals surface area contributed by atoms with Crippen molar-refractivity contribution >= 4 is 69.2 Å². The Morgan fingerprint density at radius 2 is 1.46 bits per heavy atom. The highest BCUT2D eigenvalue weighted by molar-refractivity contribution is 6.54. The normalized spacial score (nSPS) is 11.0. The molecule has 0 saturated carbocycles. The van der Waals surface area contributed by atoms with Gasteiger partial charge in [-0.2, -0.15) is 0 Å². The number of hydrogen-bond acceptors (Lipinski definition) is 3. The Balaban J connectivity index is 2.11. The van der Waals surface area contributed by atoms with Gasteiger partial charge in [-0.15, -0.1) is 10.2 Å². The average molecular weight is 404 g/mol. The molecule has 0 saturated heterocycles. The van der Waals surface area contributed by atoms with Crippen molar-refractivity contribution in [1.29, 1.82) is 0 Å². The Kier molecular flexibility index (Phi) is 4.88. The number of benzene rings is 2. The minimum atomic E-state index is -0.445. The van der Waals surface area contributed by atoms with Crippen LogP contribution in [0.4, 0.5) is 10.5 Å². The molecule has 1 aromatic heterocycles. The monoisotopic (exact) mass is 402 g/mol. The molecule has 0 aliphatic carbocycles. The first-order valence-electron chi connectivity index (χ1n) is 6.91.